The van der Waals surface area contributed by atoms with E-state index in [0.717, 1.165) is 6.07 Å². The van der Waals surface area contributed by atoms with E-state index in [2.05, 4.69) is 4.99 Å². The third-order valence-electron chi connectivity index (χ3n) is 2.53. The van der Waals surface area contributed by atoms with Crippen LogP contribution in [0.5, 0.6) is 0 Å². The van der Waals surface area contributed by atoms with Gasteiger partial charge in [-0.15, -0.1) is 0 Å². The Hall–Kier alpha value is -1.45. The summed E-state index contributed by atoms with van der Waals surface area (Å²) >= 11 is 0. The van der Waals surface area contributed by atoms with Gasteiger partial charge in [-0.1, -0.05) is 13.8 Å². The number of halogens is 2. The third kappa shape index (κ3) is 1.50. The molecule has 2 rings (SSSR count). The third-order valence-corrected chi connectivity index (χ3v) is 2.53. The molecule has 15 heavy (non-hydrogen) atoms. The lowest BCUT2D eigenvalue weighted by molar-refractivity contribution is 0.561. The molecular formula is C11H12F2N2. The van der Waals surface area contributed by atoms with E-state index >= 15 is 0 Å². The quantitative estimate of drug-likeness (QED) is 0.760. The molecule has 2 N–H and O–H groups in total. The first kappa shape index (κ1) is 10.1. The number of hydrogen-bond donors (Lipinski definition) is 1. The molecule has 1 aliphatic rings. The Labute approximate surface area is 86.8 Å². The summed E-state index contributed by atoms with van der Waals surface area (Å²) in [5.41, 5.74) is 6.79. The Morgan fingerprint density at radius 3 is 2.60 bits per heavy atom. The fraction of sp³-hybridized carbons (Fsp3) is 0.364. The topological polar surface area (TPSA) is 38.4 Å². The molecule has 4 heteroatoms. The molecule has 2 nitrogen and oxygen atoms in total. The minimum atomic E-state index is -0.559. The van der Waals surface area contributed by atoms with Gasteiger partial charge < -0.3 is 5.73 Å². The highest BCUT2D eigenvalue weighted by Crippen LogP contribution is 2.37. The van der Waals surface area contributed by atoms with Crippen molar-refractivity contribution in [1.29, 1.82) is 0 Å². The Morgan fingerprint density at radius 2 is 2.00 bits per heavy atom. The van der Waals surface area contributed by atoms with Crippen molar-refractivity contribution in [2.45, 2.75) is 26.2 Å². The maximum absolute atomic E-state index is 13.5. The van der Waals surface area contributed by atoms with E-state index in [-0.39, 0.29) is 12.3 Å². The van der Waals surface area contributed by atoms with E-state index in [1.165, 1.54) is 0 Å². The van der Waals surface area contributed by atoms with Crippen LogP contribution in [0.4, 0.5) is 14.5 Å². The molecule has 80 valence electrons. The van der Waals surface area contributed by atoms with Crippen LogP contribution in [0.2, 0.25) is 0 Å². The molecule has 0 saturated carbocycles. The molecule has 0 spiro atoms. The number of nitrogens with zero attached hydrogens (tertiary/aromatic N) is 1. The maximum atomic E-state index is 13.5. The van der Waals surface area contributed by atoms with Gasteiger partial charge in [-0.3, -0.25) is 0 Å². The number of amidine groups is 1. The van der Waals surface area contributed by atoms with Crippen molar-refractivity contribution >= 4 is 11.5 Å². The normalized spacial score (nSPS) is 14.3. The molecule has 0 bridgehead atoms. The monoisotopic (exact) mass is 210 g/mol. The average Bonchev–Trinajstić information content (AvgIpc) is 2.45. The van der Waals surface area contributed by atoms with E-state index in [0.29, 0.717) is 22.6 Å². The lowest BCUT2D eigenvalue weighted by Gasteiger charge is -2.11. The SMILES string of the molecule is CC(C)c1c(F)cc(F)c2c1N=C(N)C2. The Bertz CT molecular complexity index is 450. The summed E-state index contributed by atoms with van der Waals surface area (Å²) in [5, 5.41) is 0. The smallest absolute Gasteiger partial charge is 0.131 e. The van der Waals surface area contributed by atoms with Crippen molar-refractivity contribution in [1.82, 2.24) is 0 Å². The molecule has 0 aromatic heterocycles. The summed E-state index contributed by atoms with van der Waals surface area (Å²) in [6.07, 6.45) is 0.279. The fourth-order valence-electron chi connectivity index (χ4n) is 1.87. The Kier molecular flexibility index (Phi) is 2.21. The Balaban J connectivity index is 2.71. The zero-order valence-electron chi connectivity index (χ0n) is 8.64. The van der Waals surface area contributed by atoms with Crippen LogP contribution in [0.25, 0.3) is 0 Å². The zero-order valence-corrected chi connectivity index (χ0v) is 8.64. The molecule has 0 unspecified atom stereocenters. The summed E-state index contributed by atoms with van der Waals surface area (Å²) < 4.78 is 26.9. The predicted octanol–water partition coefficient (Wildman–Crippen LogP) is 2.63. The van der Waals surface area contributed by atoms with E-state index in [1.807, 2.05) is 13.8 Å². The summed E-state index contributed by atoms with van der Waals surface area (Å²) in [4.78, 5) is 4.01. The van der Waals surface area contributed by atoms with Crippen molar-refractivity contribution in [2.24, 2.45) is 10.7 Å². The number of nitrogens with two attached hydrogens (primary N) is 1. The molecule has 1 aromatic carbocycles. The van der Waals surface area contributed by atoms with Crippen molar-refractivity contribution in [3.05, 3.63) is 28.8 Å². The van der Waals surface area contributed by atoms with E-state index in [4.69, 9.17) is 5.73 Å². The van der Waals surface area contributed by atoms with Gasteiger partial charge in [0.15, 0.2) is 0 Å². The summed E-state index contributed by atoms with van der Waals surface area (Å²) in [6, 6.07) is 0.919. The molecule has 0 radical (unpaired) electrons. The highest BCUT2D eigenvalue weighted by Gasteiger charge is 2.24. The molecule has 1 heterocycles. The van der Waals surface area contributed by atoms with Crippen LogP contribution in [-0.2, 0) is 6.42 Å². The summed E-state index contributed by atoms with van der Waals surface area (Å²) in [5.74, 6) is -0.791. The van der Waals surface area contributed by atoms with E-state index in [1.54, 1.807) is 0 Å². The predicted molar refractivity (Wildman–Crippen MR) is 55.4 cm³/mol. The van der Waals surface area contributed by atoms with Crippen molar-refractivity contribution in [2.75, 3.05) is 0 Å². The zero-order chi connectivity index (χ0) is 11.2. The van der Waals surface area contributed by atoms with Crippen LogP contribution in [0.3, 0.4) is 0 Å². The van der Waals surface area contributed by atoms with Crippen LogP contribution in [-0.4, -0.2) is 5.84 Å². The second-order valence-corrected chi connectivity index (χ2v) is 4.02. The number of fused-ring (bicyclic) bond motifs is 1. The molecule has 0 fully saturated rings. The van der Waals surface area contributed by atoms with Crippen LogP contribution < -0.4 is 5.73 Å². The van der Waals surface area contributed by atoms with Gasteiger partial charge in [-0.05, 0) is 5.92 Å². The highest BCUT2D eigenvalue weighted by molar-refractivity contribution is 5.91. The minimum Gasteiger partial charge on any atom is -0.387 e. The van der Waals surface area contributed by atoms with E-state index in [9.17, 15) is 8.78 Å². The first-order chi connectivity index (χ1) is 7.00. The molecule has 1 aromatic rings. The highest BCUT2D eigenvalue weighted by atomic mass is 19.1. The number of aliphatic imine (C=N–C) groups is 1. The Morgan fingerprint density at radius 1 is 1.33 bits per heavy atom. The van der Waals surface area contributed by atoms with Gasteiger partial charge >= 0.3 is 0 Å². The van der Waals surface area contributed by atoms with Gasteiger partial charge in [0.1, 0.15) is 17.5 Å². The van der Waals surface area contributed by atoms with Gasteiger partial charge in [-0.2, -0.15) is 0 Å². The first-order valence-corrected chi connectivity index (χ1v) is 4.84. The number of hydrogen-bond acceptors (Lipinski definition) is 2. The summed E-state index contributed by atoms with van der Waals surface area (Å²) in [6.45, 7) is 3.70. The minimum absolute atomic E-state index is 0.0333. The van der Waals surface area contributed by atoms with Crippen molar-refractivity contribution < 1.29 is 8.78 Å². The van der Waals surface area contributed by atoms with E-state index < -0.39 is 11.6 Å². The van der Waals surface area contributed by atoms with Gasteiger partial charge in [-0.25, -0.2) is 13.8 Å². The average molecular weight is 210 g/mol. The van der Waals surface area contributed by atoms with Crippen molar-refractivity contribution in [3.8, 4) is 0 Å². The molecular weight excluding hydrogens is 198 g/mol. The molecule has 0 atom stereocenters. The van der Waals surface area contributed by atoms with Crippen LogP contribution >= 0.6 is 0 Å². The fourth-order valence-corrected chi connectivity index (χ4v) is 1.87. The van der Waals surface area contributed by atoms with Crippen LogP contribution in [0.1, 0.15) is 30.9 Å². The lowest BCUT2D eigenvalue weighted by Crippen LogP contribution is -2.10. The van der Waals surface area contributed by atoms with Crippen molar-refractivity contribution in [3.63, 3.8) is 0 Å². The van der Waals surface area contributed by atoms with Gasteiger partial charge in [0.05, 0.1) is 5.69 Å². The first-order valence-electron chi connectivity index (χ1n) is 4.84. The van der Waals surface area contributed by atoms with Gasteiger partial charge in [0.25, 0.3) is 0 Å². The maximum Gasteiger partial charge on any atom is 0.131 e. The lowest BCUT2D eigenvalue weighted by atomic mass is 9.97. The number of rotatable bonds is 1. The molecule has 0 aliphatic carbocycles. The second-order valence-electron chi connectivity index (χ2n) is 4.02. The second kappa shape index (κ2) is 3.29. The number of benzene rings is 1. The van der Waals surface area contributed by atoms with Gasteiger partial charge in [0, 0.05) is 23.6 Å². The largest absolute Gasteiger partial charge is 0.387 e. The van der Waals surface area contributed by atoms with Crippen LogP contribution in [0.15, 0.2) is 11.1 Å². The van der Waals surface area contributed by atoms with Gasteiger partial charge in [0.2, 0.25) is 0 Å². The molecule has 0 saturated heterocycles. The molecule has 0 amide bonds. The standard InChI is InChI=1S/C11H12F2N2/c1-5(2)10-8(13)4-7(12)6-3-9(14)15-11(6)10/h4-5H,3H2,1-2H3,(H2,14,15). The summed E-state index contributed by atoms with van der Waals surface area (Å²) in [7, 11) is 0. The van der Waals surface area contributed by atoms with Crippen LogP contribution in [0, 0.1) is 11.6 Å². The molecule has 1 aliphatic heterocycles.